The summed E-state index contributed by atoms with van der Waals surface area (Å²) in [6.45, 7) is 9.68. The van der Waals surface area contributed by atoms with Crippen molar-refractivity contribution in [2.24, 2.45) is 0 Å². The number of benzene rings is 3. The minimum atomic E-state index is -0.869. The largest absolute Gasteiger partial charge is 0.497 e. The van der Waals surface area contributed by atoms with Gasteiger partial charge in [0.25, 0.3) is 0 Å². The van der Waals surface area contributed by atoms with Crippen LogP contribution in [0.2, 0.25) is 0 Å². The van der Waals surface area contributed by atoms with Crippen LogP contribution in [0.4, 0.5) is 4.79 Å². The van der Waals surface area contributed by atoms with E-state index in [0.717, 1.165) is 39.3 Å². The van der Waals surface area contributed by atoms with Gasteiger partial charge < -0.3 is 24.3 Å². The van der Waals surface area contributed by atoms with Gasteiger partial charge in [0.1, 0.15) is 29.7 Å². The van der Waals surface area contributed by atoms with Crippen LogP contribution in [0.5, 0.6) is 11.5 Å². The highest BCUT2D eigenvalue weighted by Crippen LogP contribution is 2.29. The highest BCUT2D eigenvalue weighted by Gasteiger charge is 2.25. The Bertz CT molecular complexity index is 1240. The van der Waals surface area contributed by atoms with E-state index in [1.54, 1.807) is 34.0 Å². The van der Waals surface area contributed by atoms with Crippen LogP contribution in [-0.4, -0.2) is 37.9 Å². The molecule has 0 unspecified atom stereocenters. The summed E-state index contributed by atoms with van der Waals surface area (Å²) in [5.74, 6) is 1.00. The zero-order valence-corrected chi connectivity index (χ0v) is 22.6. The molecule has 200 valence electrons. The van der Waals surface area contributed by atoms with Crippen LogP contribution in [0.3, 0.4) is 0 Å². The first-order valence-electron chi connectivity index (χ1n) is 12.3. The monoisotopic (exact) mass is 517 g/mol. The molecule has 0 bridgehead atoms. The highest BCUT2D eigenvalue weighted by molar-refractivity contribution is 5.82. The number of alkyl carbamates (subject to hydrolysis) is 1. The maximum Gasteiger partial charge on any atom is 0.408 e. The van der Waals surface area contributed by atoms with Crippen molar-refractivity contribution in [3.8, 4) is 22.6 Å². The predicted octanol–water partition coefficient (Wildman–Crippen LogP) is 6.19. The molecule has 38 heavy (non-hydrogen) atoms. The Labute approximate surface area is 224 Å². The van der Waals surface area contributed by atoms with Crippen LogP contribution >= 0.6 is 0 Å². The summed E-state index contributed by atoms with van der Waals surface area (Å²) in [7, 11) is 2.93. The maximum absolute atomic E-state index is 12.3. The van der Waals surface area contributed by atoms with E-state index in [2.05, 4.69) is 11.9 Å². The first-order chi connectivity index (χ1) is 18.1. The van der Waals surface area contributed by atoms with E-state index in [-0.39, 0.29) is 6.42 Å². The second-order valence-corrected chi connectivity index (χ2v) is 9.71. The van der Waals surface area contributed by atoms with Gasteiger partial charge in [0.15, 0.2) is 0 Å². The molecule has 0 heterocycles. The molecule has 0 aliphatic rings. The van der Waals surface area contributed by atoms with E-state index < -0.39 is 23.7 Å². The van der Waals surface area contributed by atoms with Crippen molar-refractivity contribution in [1.82, 2.24) is 5.32 Å². The molecule has 1 amide bonds. The number of hydrogen-bond donors (Lipinski definition) is 1. The van der Waals surface area contributed by atoms with Crippen LogP contribution < -0.4 is 14.8 Å². The molecule has 1 atom stereocenters. The minimum absolute atomic E-state index is 0.263. The Balaban J connectivity index is 1.69. The van der Waals surface area contributed by atoms with Gasteiger partial charge in [-0.1, -0.05) is 55.1 Å². The number of carbonyl (C=O) groups excluding carboxylic acids is 2. The van der Waals surface area contributed by atoms with E-state index >= 15 is 0 Å². The quantitative estimate of drug-likeness (QED) is 0.323. The summed E-state index contributed by atoms with van der Waals surface area (Å²) in [4.78, 5) is 24.5. The Morgan fingerprint density at radius 2 is 1.55 bits per heavy atom. The molecule has 3 rings (SSSR count). The van der Waals surface area contributed by atoms with Gasteiger partial charge in [0.05, 0.1) is 14.2 Å². The van der Waals surface area contributed by atoms with Crippen molar-refractivity contribution in [3.05, 3.63) is 90.0 Å². The summed E-state index contributed by atoms with van der Waals surface area (Å²) in [6, 6.07) is 20.5. The lowest BCUT2D eigenvalue weighted by molar-refractivity contribution is -0.143. The number of ether oxygens (including phenoxy) is 4. The van der Waals surface area contributed by atoms with Crippen LogP contribution in [-0.2, 0) is 27.3 Å². The van der Waals surface area contributed by atoms with Crippen LogP contribution in [0.15, 0.2) is 73.3 Å². The van der Waals surface area contributed by atoms with Gasteiger partial charge in [-0.05, 0) is 72.9 Å². The molecule has 7 nitrogen and oxygen atoms in total. The Hall–Kier alpha value is -4.26. The standard InChI is InChI=1S/C31H35NO6/c1-7-23-19-26(37-20-22-10-14-25(35-5)15-11-22)16-17-27(23)24-12-8-21(9-13-24)18-28(29(33)36-6)32-30(34)38-31(2,3)4/h7-17,19,28H,1,18,20H2,2-6H3,(H,32,34)/t28-/m0/s1. The van der Waals surface area contributed by atoms with Crippen LogP contribution in [0.25, 0.3) is 17.2 Å². The number of rotatable bonds is 10. The Kier molecular flexibility index (Phi) is 9.55. The third kappa shape index (κ3) is 8.13. The Morgan fingerprint density at radius 1 is 0.921 bits per heavy atom. The smallest absolute Gasteiger partial charge is 0.408 e. The Morgan fingerprint density at radius 3 is 2.13 bits per heavy atom. The van der Waals surface area contributed by atoms with E-state index in [0.29, 0.717) is 6.61 Å². The number of esters is 1. The first kappa shape index (κ1) is 28.3. The molecule has 3 aromatic carbocycles. The molecule has 0 spiro atoms. The number of amides is 1. The summed E-state index contributed by atoms with van der Waals surface area (Å²) in [5.41, 5.74) is 4.14. The topological polar surface area (TPSA) is 83.1 Å². The third-order valence-electron chi connectivity index (χ3n) is 5.69. The molecule has 3 aromatic rings. The van der Waals surface area contributed by atoms with Gasteiger partial charge >= 0.3 is 12.1 Å². The van der Waals surface area contributed by atoms with E-state index in [4.69, 9.17) is 18.9 Å². The molecule has 0 saturated carbocycles. The molecule has 0 fully saturated rings. The molecule has 0 aliphatic heterocycles. The van der Waals surface area contributed by atoms with Crippen molar-refractivity contribution < 1.29 is 28.5 Å². The number of hydrogen-bond acceptors (Lipinski definition) is 6. The van der Waals surface area contributed by atoms with Crippen molar-refractivity contribution in [2.45, 2.75) is 45.4 Å². The predicted molar refractivity (Wildman–Crippen MR) is 148 cm³/mol. The number of methoxy groups -OCH3 is 2. The third-order valence-corrected chi connectivity index (χ3v) is 5.69. The van der Waals surface area contributed by atoms with Crippen molar-refractivity contribution in [3.63, 3.8) is 0 Å². The molecule has 0 saturated heterocycles. The first-order valence-corrected chi connectivity index (χ1v) is 12.3. The van der Waals surface area contributed by atoms with Gasteiger partial charge in [-0.3, -0.25) is 0 Å². The van der Waals surface area contributed by atoms with Gasteiger partial charge in [-0.2, -0.15) is 0 Å². The SMILES string of the molecule is C=Cc1cc(OCc2ccc(OC)cc2)ccc1-c1ccc(C[C@H](NC(=O)OC(C)(C)C)C(=O)OC)cc1. The summed E-state index contributed by atoms with van der Waals surface area (Å²) < 4.78 is 21.3. The van der Waals surface area contributed by atoms with Gasteiger partial charge in [-0.15, -0.1) is 0 Å². The molecule has 0 aromatic heterocycles. The van der Waals surface area contributed by atoms with Crippen LogP contribution in [0, 0.1) is 0 Å². The summed E-state index contributed by atoms with van der Waals surface area (Å²) in [6.07, 6.45) is 1.38. The summed E-state index contributed by atoms with van der Waals surface area (Å²) in [5, 5.41) is 2.60. The van der Waals surface area contributed by atoms with E-state index in [1.807, 2.05) is 66.7 Å². The normalized spacial score (nSPS) is 11.7. The molecule has 1 N–H and O–H groups in total. The van der Waals surface area contributed by atoms with Gasteiger partial charge in [0, 0.05) is 6.42 Å². The van der Waals surface area contributed by atoms with Crippen molar-refractivity contribution >= 4 is 18.1 Å². The fourth-order valence-electron chi connectivity index (χ4n) is 3.79. The van der Waals surface area contributed by atoms with E-state index in [1.165, 1.54) is 7.11 Å². The molecule has 0 radical (unpaired) electrons. The van der Waals surface area contributed by atoms with Gasteiger partial charge in [0.2, 0.25) is 0 Å². The van der Waals surface area contributed by atoms with Crippen molar-refractivity contribution in [2.75, 3.05) is 14.2 Å². The fraction of sp³-hybridized carbons (Fsp3) is 0.290. The van der Waals surface area contributed by atoms with Crippen LogP contribution in [0.1, 0.15) is 37.5 Å². The molecule has 7 heteroatoms. The lowest BCUT2D eigenvalue weighted by Crippen LogP contribution is -2.45. The molecule has 0 aliphatic carbocycles. The minimum Gasteiger partial charge on any atom is -0.497 e. The maximum atomic E-state index is 12.3. The number of nitrogens with one attached hydrogen (secondary N) is 1. The lowest BCUT2D eigenvalue weighted by Gasteiger charge is -2.22. The molecular formula is C31H35NO6. The zero-order chi connectivity index (χ0) is 27.7. The lowest BCUT2D eigenvalue weighted by atomic mass is 9.97. The second kappa shape index (κ2) is 12.8. The fourth-order valence-corrected chi connectivity index (χ4v) is 3.79. The second-order valence-electron chi connectivity index (χ2n) is 9.71. The highest BCUT2D eigenvalue weighted by atomic mass is 16.6. The van der Waals surface area contributed by atoms with Crippen molar-refractivity contribution in [1.29, 1.82) is 0 Å². The zero-order valence-electron chi connectivity index (χ0n) is 22.6. The number of carbonyl (C=O) groups is 2. The molecular weight excluding hydrogens is 482 g/mol. The average molecular weight is 518 g/mol. The average Bonchev–Trinajstić information content (AvgIpc) is 2.90. The summed E-state index contributed by atoms with van der Waals surface area (Å²) >= 11 is 0. The van der Waals surface area contributed by atoms with E-state index in [9.17, 15) is 9.59 Å². The van der Waals surface area contributed by atoms with Gasteiger partial charge in [-0.25, -0.2) is 9.59 Å².